The van der Waals surface area contributed by atoms with E-state index in [1.165, 1.54) is 38.9 Å². The van der Waals surface area contributed by atoms with Crippen molar-refractivity contribution < 1.29 is 0 Å². The minimum absolute atomic E-state index is 0.641. The lowest BCUT2D eigenvalue weighted by molar-refractivity contribution is 0.138. The molecule has 0 bridgehead atoms. The molecule has 2 rings (SSSR count). The average molecular weight is 152 g/mol. The molecule has 0 radical (unpaired) electrons. The van der Waals surface area contributed by atoms with Gasteiger partial charge in [0.15, 0.2) is 0 Å². The zero-order chi connectivity index (χ0) is 7.52. The summed E-state index contributed by atoms with van der Waals surface area (Å²) in [5.74, 6) is 0. The quantitative estimate of drug-likeness (QED) is 0.520. The van der Waals surface area contributed by atoms with Crippen molar-refractivity contribution in [1.29, 1.82) is 0 Å². The third kappa shape index (κ3) is 1.63. The van der Waals surface area contributed by atoms with Gasteiger partial charge in [0.25, 0.3) is 0 Å². The van der Waals surface area contributed by atoms with Crippen LogP contribution >= 0.6 is 0 Å². The van der Waals surface area contributed by atoms with E-state index >= 15 is 0 Å². The summed E-state index contributed by atoms with van der Waals surface area (Å²) < 4.78 is 0. The summed E-state index contributed by atoms with van der Waals surface area (Å²) in [7, 11) is 0. The van der Waals surface area contributed by atoms with E-state index in [9.17, 15) is 0 Å². The van der Waals surface area contributed by atoms with Crippen LogP contribution in [0, 0.1) is 0 Å². The molecule has 62 valence electrons. The first kappa shape index (κ1) is 7.32. The summed E-state index contributed by atoms with van der Waals surface area (Å²) in [6, 6.07) is 0. The van der Waals surface area contributed by atoms with Crippen LogP contribution in [-0.2, 0) is 0 Å². The SMILES string of the molecule is C1=CCC2NCCCN2CC1. The van der Waals surface area contributed by atoms with Gasteiger partial charge in [-0.25, -0.2) is 0 Å². The van der Waals surface area contributed by atoms with Crippen molar-refractivity contribution in [2.75, 3.05) is 19.6 Å². The Balaban J connectivity index is 1.98. The molecule has 0 aromatic heterocycles. The largest absolute Gasteiger partial charge is 0.301 e. The molecule has 0 aromatic rings. The van der Waals surface area contributed by atoms with Crippen molar-refractivity contribution in [2.45, 2.75) is 25.4 Å². The molecule has 2 heterocycles. The lowest BCUT2D eigenvalue weighted by Crippen LogP contribution is -2.50. The molecule has 1 N–H and O–H groups in total. The van der Waals surface area contributed by atoms with E-state index in [0.29, 0.717) is 6.17 Å². The smallest absolute Gasteiger partial charge is 0.0632 e. The molecule has 0 spiro atoms. The van der Waals surface area contributed by atoms with Crippen LogP contribution < -0.4 is 5.32 Å². The highest BCUT2D eigenvalue weighted by Crippen LogP contribution is 2.12. The predicted octanol–water partition coefficient (Wildman–Crippen LogP) is 0.958. The molecule has 1 saturated heterocycles. The summed E-state index contributed by atoms with van der Waals surface area (Å²) >= 11 is 0. The Bertz CT molecular complexity index is 154. The van der Waals surface area contributed by atoms with E-state index in [2.05, 4.69) is 22.4 Å². The number of hydrogen-bond donors (Lipinski definition) is 1. The first-order valence-electron chi connectivity index (χ1n) is 4.59. The number of rotatable bonds is 0. The summed E-state index contributed by atoms with van der Waals surface area (Å²) in [6.45, 7) is 3.74. The normalized spacial score (nSPS) is 32.9. The monoisotopic (exact) mass is 152 g/mol. The fraction of sp³-hybridized carbons (Fsp3) is 0.778. The van der Waals surface area contributed by atoms with Gasteiger partial charge in [-0.2, -0.15) is 0 Å². The topological polar surface area (TPSA) is 15.3 Å². The molecule has 0 amide bonds. The van der Waals surface area contributed by atoms with Crippen molar-refractivity contribution in [2.24, 2.45) is 0 Å². The number of nitrogens with zero attached hydrogens (tertiary/aromatic N) is 1. The van der Waals surface area contributed by atoms with E-state index in [1.807, 2.05) is 0 Å². The van der Waals surface area contributed by atoms with Gasteiger partial charge in [0.1, 0.15) is 0 Å². The zero-order valence-corrected chi connectivity index (χ0v) is 6.92. The van der Waals surface area contributed by atoms with Gasteiger partial charge in [-0.05, 0) is 25.8 Å². The van der Waals surface area contributed by atoms with Crippen molar-refractivity contribution in [1.82, 2.24) is 10.2 Å². The fourth-order valence-electron chi connectivity index (χ4n) is 1.92. The van der Waals surface area contributed by atoms with Gasteiger partial charge in [0, 0.05) is 13.1 Å². The molecule has 0 aromatic carbocycles. The summed E-state index contributed by atoms with van der Waals surface area (Å²) in [5, 5.41) is 3.54. The molecule has 0 saturated carbocycles. The molecular formula is C9H16N2. The maximum Gasteiger partial charge on any atom is 0.0632 e. The molecule has 1 atom stereocenters. The fourth-order valence-corrected chi connectivity index (χ4v) is 1.92. The van der Waals surface area contributed by atoms with E-state index in [0.717, 1.165) is 0 Å². The second-order valence-corrected chi connectivity index (χ2v) is 3.36. The highest BCUT2D eigenvalue weighted by Gasteiger charge is 2.20. The Kier molecular flexibility index (Phi) is 2.24. The van der Waals surface area contributed by atoms with Crippen LogP contribution in [0.15, 0.2) is 12.2 Å². The Morgan fingerprint density at radius 3 is 3.27 bits per heavy atom. The highest BCUT2D eigenvalue weighted by atomic mass is 15.3. The van der Waals surface area contributed by atoms with E-state index in [1.54, 1.807) is 0 Å². The maximum absolute atomic E-state index is 3.54. The Hall–Kier alpha value is -0.340. The summed E-state index contributed by atoms with van der Waals surface area (Å²) in [6.07, 6.45) is 9.00. The Morgan fingerprint density at radius 2 is 2.27 bits per heavy atom. The number of fused-ring (bicyclic) bond motifs is 1. The predicted molar refractivity (Wildman–Crippen MR) is 46.4 cm³/mol. The van der Waals surface area contributed by atoms with Gasteiger partial charge in [-0.15, -0.1) is 0 Å². The first-order chi connectivity index (χ1) is 5.47. The van der Waals surface area contributed by atoms with Crippen LogP contribution in [0.2, 0.25) is 0 Å². The van der Waals surface area contributed by atoms with Gasteiger partial charge in [0.05, 0.1) is 6.17 Å². The molecule has 0 aliphatic carbocycles. The summed E-state index contributed by atoms with van der Waals surface area (Å²) in [4.78, 5) is 2.56. The molecule has 11 heavy (non-hydrogen) atoms. The minimum Gasteiger partial charge on any atom is -0.301 e. The minimum atomic E-state index is 0.641. The van der Waals surface area contributed by atoms with Crippen molar-refractivity contribution in [3.8, 4) is 0 Å². The first-order valence-corrected chi connectivity index (χ1v) is 4.59. The van der Waals surface area contributed by atoms with Gasteiger partial charge < -0.3 is 5.32 Å². The average Bonchev–Trinajstić information content (AvgIpc) is 2.28. The third-order valence-corrected chi connectivity index (χ3v) is 2.55. The molecule has 2 aliphatic rings. The molecule has 2 aliphatic heterocycles. The van der Waals surface area contributed by atoms with Gasteiger partial charge in [-0.3, -0.25) is 4.90 Å². The maximum atomic E-state index is 3.54. The molecule has 1 unspecified atom stereocenters. The van der Waals surface area contributed by atoms with Crippen LogP contribution in [0.5, 0.6) is 0 Å². The van der Waals surface area contributed by atoms with Gasteiger partial charge >= 0.3 is 0 Å². The van der Waals surface area contributed by atoms with Crippen molar-refractivity contribution in [3.63, 3.8) is 0 Å². The Labute approximate surface area is 68.3 Å². The molecule has 2 heteroatoms. The van der Waals surface area contributed by atoms with Crippen LogP contribution in [0.1, 0.15) is 19.3 Å². The number of nitrogens with one attached hydrogen (secondary N) is 1. The van der Waals surface area contributed by atoms with E-state index in [-0.39, 0.29) is 0 Å². The lowest BCUT2D eigenvalue weighted by atomic mass is 10.2. The standard InChI is InChI=1S/C9H16N2/c1-2-5-9-10-6-4-8-11(9)7-3-1/h1-2,9-10H,3-8H2. The molecule has 1 fully saturated rings. The second kappa shape index (κ2) is 3.37. The third-order valence-electron chi connectivity index (χ3n) is 2.55. The summed E-state index contributed by atoms with van der Waals surface area (Å²) in [5.41, 5.74) is 0. The Morgan fingerprint density at radius 1 is 1.27 bits per heavy atom. The molecule has 2 nitrogen and oxygen atoms in total. The molecular weight excluding hydrogens is 136 g/mol. The van der Waals surface area contributed by atoms with Crippen LogP contribution in [0.25, 0.3) is 0 Å². The lowest BCUT2D eigenvalue weighted by Gasteiger charge is -2.34. The second-order valence-electron chi connectivity index (χ2n) is 3.36. The van der Waals surface area contributed by atoms with Gasteiger partial charge in [0.2, 0.25) is 0 Å². The van der Waals surface area contributed by atoms with Crippen LogP contribution in [0.3, 0.4) is 0 Å². The van der Waals surface area contributed by atoms with Crippen LogP contribution in [0.4, 0.5) is 0 Å². The zero-order valence-electron chi connectivity index (χ0n) is 6.92. The van der Waals surface area contributed by atoms with Crippen molar-refractivity contribution in [3.05, 3.63) is 12.2 Å². The van der Waals surface area contributed by atoms with Gasteiger partial charge in [-0.1, -0.05) is 12.2 Å². The van der Waals surface area contributed by atoms with E-state index in [4.69, 9.17) is 0 Å². The highest BCUT2D eigenvalue weighted by molar-refractivity contribution is 4.92. The van der Waals surface area contributed by atoms with E-state index < -0.39 is 0 Å². The number of hydrogen-bond acceptors (Lipinski definition) is 2. The van der Waals surface area contributed by atoms with Crippen LogP contribution in [-0.4, -0.2) is 30.7 Å². The van der Waals surface area contributed by atoms with Crippen molar-refractivity contribution >= 4 is 0 Å².